The van der Waals surface area contributed by atoms with Gasteiger partial charge in [0.05, 0.1) is 6.04 Å². The number of aliphatic carboxylic acids is 1. The van der Waals surface area contributed by atoms with E-state index in [9.17, 15) is 24.0 Å². The number of carboxylic acids is 1. The number of nitrogens with one attached hydrogen (secondary N) is 3. The zero-order chi connectivity index (χ0) is 21.1. The Morgan fingerprint density at radius 1 is 0.815 bits per heavy atom. The molecule has 0 aliphatic rings. The van der Waals surface area contributed by atoms with Gasteiger partial charge in [-0.2, -0.15) is 0 Å². The predicted molar refractivity (Wildman–Crippen MR) is 98.8 cm³/mol. The van der Waals surface area contributed by atoms with Crippen molar-refractivity contribution >= 4 is 29.5 Å². The number of carbonyl (C=O) groups is 5. The van der Waals surface area contributed by atoms with Crippen molar-refractivity contribution in [3.63, 3.8) is 0 Å². The molecule has 0 heterocycles. The van der Waals surface area contributed by atoms with E-state index < -0.39 is 35.9 Å². The third kappa shape index (κ3) is 9.72. The highest BCUT2D eigenvalue weighted by atomic mass is 16.4. The van der Waals surface area contributed by atoms with Crippen LogP contribution in [-0.4, -0.2) is 52.7 Å². The molecule has 0 radical (unpaired) electrons. The Kier molecular flexibility index (Phi) is 10.9. The maximum atomic E-state index is 12.4. The summed E-state index contributed by atoms with van der Waals surface area (Å²) in [6.07, 6.45) is 0.402. The maximum Gasteiger partial charge on any atom is 0.303 e. The van der Waals surface area contributed by atoms with Crippen LogP contribution in [0.3, 0.4) is 0 Å². The molecule has 0 spiro atoms. The van der Waals surface area contributed by atoms with Gasteiger partial charge < -0.3 is 21.1 Å². The van der Waals surface area contributed by atoms with E-state index in [0.717, 1.165) is 0 Å². The van der Waals surface area contributed by atoms with Crippen molar-refractivity contribution in [2.75, 3.05) is 0 Å². The number of Topliss-reactive ketones (excluding diaryl/α,β-unsaturated/α-hetero) is 1. The quantitative estimate of drug-likeness (QED) is 0.382. The maximum absolute atomic E-state index is 12.4. The van der Waals surface area contributed by atoms with E-state index in [1.165, 1.54) is 6.92 Å². The Labute approximate surface area is 159 Å². The lowest BCUT2D eigenvalue weighted by molar-refractivity contribution is -0.138. The van der Waals surface area contributed by atoms with Crippen LogP contribution in [0.4, 0.5) is 0 Å². The van der Waals surface area contributed by atoms with Gasteiger partial charge in [-0.3, -0.25) is 24.0 Å². The van der Waals surface area contributed by atoms with Crippen molar-refractivity contribution in [2.24, 2.45) is 5.92 Å². The third-order valence-electron chi connectivity index (χ3n) is 3.88. The van der Waals surface area contributed by atoms with Crippen LogP contribution >= 0.6 is 0 Å². The highest BCUT2D eigenvalue weighted by molar-refractivity contribution is 5.94. The van der Waals surface area contributed by atoms with Crippen LogP contribution < -0.4 is 16.0 Å². The zero-order valence-electron chi connectivity index (χ0n) is 16.6. The first-order valence-corrected chi connectivity index (χ1v) is 9.15. The molecule has 0 saturated carbocycles. The fourth-order valence-corrected chi connectivity index (χ4v) is 2.32. The third-order valence-corrected chi connectivity index (χ3v) is 3.88. The lowest BCUT2D eigenvalue weighted by atomic mass is 10.0. The van der Waals surface area contributed by atoms with Gasteiger partial charge in [0.2, 0.25) is 17.7 Å². The number of hydrogen-bond donors (Lipinski definition) is 4. The summed E-state index contributed by atoms with van der Waals surface area (Å²) >= 11 is 0. The topological polar surface area (TPSA) is 142 Å². The molecule has 0 fully saturated rings. The molecule has 3 atom stereocenters. The van der Waals surface area contributed by atoms with Crippen LogP contribution in [0.1, 0.15) is 60.3 Å². The minimum absolute atomic E-state index is 0.0901. The van der Waals surface area contributed by atoms with E-state index in [1.807, 2.05) is 0 Å². The molecule has 3 amide bonds. The Balaban J connectivity index is 4.86. The molecule has 0 aromatic rings. The summed E-state index contributed by atoms with van der Waals surface area (Å²) < 4.78 is 0. The summed E-state index contributed by atoms with van der Waals surface area (Å²) in [4.78, 5) is 58.9. The van der Waals surface area contributed by atoms with Crippen molar-refractivity contribution in [1.82, 2.24) is 16.0 Å². The van der Waals surface area contributed by atoms with Crippen molar-refractivity contribution < 1.29 is 29.1 Å². The first-order valence-electron chi connectivity index (χ1n) is 9.15. The van der Waals surface area contributed by atoms with Crippen molar-refractivity contribution in [3.05, 3.63) is 0 Å². The lowest BCUT2D eigenvalue weighted by Crippen LogP contribution is -2.54. The van der Waals surface area contributed by atoms with Gasteiger partial charge in [0.25, 0.3) is 0 Å². The minimum Gasteiger partial charge on any atom is -0.481 e. The predicted octanol–water partition coefficient (Wildman–Crippen LogP) is 0.371. The highest BCUT2D eigenvalue weighted by Crippen LogP contribution is 2.02. The van der Waals surface area contributed by atoms with E-state index >= 15 is 0 Å². The molecular formula is C18H31N3O6. The Bertz CT molecular complexity index is 561. The number of ketones is 1. The average Bonchev–Trinajstić information content (AvgIpc) is 2.57. The molecule has 0 rings (SSSR count). The summed E-state index contributed by atoms with van der Waals surface area (Å²) in [6, 6.07) is -2.69. The molecule has 9 nitrogen and oxygen atoms in total. The molecule has 0 bridgehead atoms. The van der Waals surface area contributed by atoms with Gasteiger partial charge in [0.15, 0.2) is 5.78 Å². The second-order valence-corrected chi connectivity index (χ2v) is 6.82. The first kappa shape index (κ1) is 24.6. The van der Waals surface area contributed by atoms with E-state index in [1.54, 1.807) is 27.7 Å². The standard InChI is InChI=1S/C18H31N3O6/c1-6-7-14(22)21-13(8-9-15(23)24)18(27)20-12(5)17(26)19-11(4)16(25)10(2)3/h10-13H,6-9H2,1-5H3,(H,19,26)(H,20,27)(H,21,22)(H,23,24)/t11-,12-,13-/m0/s1. The van der Waals surface area contributed by atoms with Crippen LogP contribution in [0, 0.1) is 5.92 Å². The Morgan fingerprint density at radius 3 is 1.85 bits per heavy atom. The summed E-state index contributed by atoms with van der Waals surface area (Å²) in [5, 5.41) is 16.3. The number of amides is 3. The van der Waals surface area contributed by atoms with Crippen LogP contribution in [0.25, 0.3) is 0 Å². The van der Waals surface area contributed by atoms with Crippen molar-refractivity contribution in [3.8, 4) is 0 Å². The molecule has 0 aliphatic heterocycles. The van der Waals surface area contributed by atoms with Gasteiger partial charge in [-0.1, -0.05) is 20.8 Å². The SMILES string of the molecule is CCCC(=O)N[C@@H](CCC(=O)O)C(=O)N[C@@H](C)C(=O)N[C@@H](C)C(=O)C(C)C. The Morgan fingerprint density at radius 2 is 1.37 bits per heavy atom. The number of hydrogen-bond acceptors (Lipinski definition) is 5. The van der Waals surface area contributed by atoms with Crippen LogP contribution in [0.5, 0.6) is 0 Å². The highest BCUT2D eigenvalue weighted by Gasteiger charge is 2.26. The molecule has 27 heavy (non-hydrogen) atoms. The van der Waals surface area contributed by atoms with E-state index in [0.29, 0.717) is 6.42 Å². The summed E-state index contributed by atoms with van der Waals surface area (Å²) in [5.74, 6) is -3.01. The normalized spacial score (nSPS) is 14.0. The van der Waals surface area contributed by atoms with E-state index in [-0.39, 0.29) is 36.9 Å². The molecule has 0 aliphatic carbocycles. The molecule has 154 valence electrons. The molecule has 0 unspecified atom stereocenters. The van der Waals surface area contributed by atoms with Crippen molar-refractivity contribution in [2.45, 2.75) is 78.4 Å². The first-order chi connectivity index (χ1) is 12.5. The average molecular weight is 385 g/mol. The summed E-state index contributed by atoms with van der Waals surface area (Å²) in [7, 11) is 0. The molecule has 0 aromatic heterocycles. The van der Waals surface area contributed by atoms with Gasteiger partial charge in [-0.15, -0.1) is 0 Å². The molecule has 0 saturated heterocycles. The van der Waals surface area contributed by atoms with Crippen LogP contribution in [0.2, 0.25) is 0 Å². The number of carbonyl (C=O) groups excluding carboxylic acids is 4. The second-order valence-electron chi connectivity index (χ2n) is 6.82. The number of rotatable bonds is 12. The largest absolute Gasteiger partial charge is 0.481 e. The van der Waals surface area contributed by atoms with Gasteiger partial charge in [-0.05, 0) is 26.7 Å². The number of carboxylic acid groups (broad SMARTS) is 1. The summed E-state index contributed by atoms with van der Waals surface area (Å²) in [6.45, 7) is 8.26. The molecule has 9 heteroatoms. The zero-order valence-corrected chi connectivity index (χ0v) is 16.6. The Hall–Kier alpha value is -2.45. The summed E-state index contributed by atoms with van der Waals surface area (Å²) in [5.41, 5.74) is 0. The van der Waals surface area contributed by atoms with E-state index in [2.05, 4.69) is 16.0 Å². The minimum atomic E-state index is -1.09. The van der Waals surface area contributed by atoms with Crippen LogP contribution in [0.15, 0.2) is 0 Å². The fraction of sp³-hybridized carbons (Fsp3) is 0.722. The lowest BCUT2D eigenvalue weighted by Gasteiger charge is -2.22. The van der Waals surface area contributed by atoms with E-state index in [4.69, 9.17) is 5.11 Å². The van der Waals surface area contributed by atoms with Crippen molar-refractivity contribution in [1.29, 1.82) is 0 Å². The molecule has 4 N–H and O–H groups in total. The van der Waals surface area contributed by atoms with Crippen LogP contribution in [-0.2, 0) is 24.0 Å². The second kappa shape index (κ2) is 12.0. The van der Waals surface area contributed by atoms with Gasteiger partial charge in [-0.25, -0.2) is 0 Å². The fourth-order valence-electron chi connectivity index (χ4n) is 2.32. The molecular weight excluding hydrogens is 354 g/mol. The monoisotopic (exact) mass is 385 g/mol. The molecule has 0 aromatic carbocycles. The van der Waals surface area contributed by atoms with Gasteiger partial charge in [0, 0.05) is 18.8 Å². The van der Waals surface area contributed by atoms with Gasteiger partial charge in [0.1, 0.15) is 12.1 Å². The van der Waals surface area contributed by atoms with Gasteiger partial charge >= 0.3 is 5.97 Å². The smallest absolute Gasteiger partial charge is 0.303 e.